The number of hydrogen-bond acceptors (Lipinski definition) is 5. The first kappa shape index (κ1) is 20.0. The SMILES string of the molecule is COc1ccc(CCC(=O)Nc2ccc(C(=O)O)cc2F)c(OC)c1OC. The molecule has 2 aromatic carbocycles. The van der Waals surface area contributed by atoms with Crippen LogP contribution in [-0.2, 0) is 11.2 Å². The minimum atomic E-state index is -1.24. The molecule has 0 radical (unpaired) electrons. The summed E-state index contributed by atoms with van der Waals surface area (Å²) >= 11 is 0. The fourth-order valence-corrected chi connectivity index (χ4v) is 2.57. The summed E-state index contributed by atoms with van der Waals surface area (Å²) in [5.74, 6) is -1.09. The number of aryl methyl sites for hydroxylation is 1. The van der Waals surface area contributed by atoms with Gasteiger partial charge in [-0.1, -0.05) is 6.07 Å². The summed E-state index contributed by atoms with van der Waals surface area (Å²) in [6.07, 6.45) is 0.385. The van der Waals surface area contributed by atoms with E-state index >= 15 is 0 Å². The Morgan fingerprint density at radius 3 is 2.30 bits per heavy atom. The Bertz CT molecular complexity index is 852. The van der Waals surface area contributed by atoms with Crippen molar-refractivity contribution in [1.29, 1.82) is 0 Å². The van der Waals surface area contributed by atoms with Crippen molar-refractivity contribution in [1.82, 2.24) is 0 Å². The summed E-state index contributed by atoms with van der Waals surface area (Å²) in [6, 6.07) is 6.76. The van der Waals surface area contributed by atoms with Gasteiger partial charge in [-0.25, -0.2) is 9.18 Å². The maximum Gasteiger partial charge on any atom is 0.335 e. The minimum absolute atomic E-state index is 0.0615. The maximum absolute atomic E-state index is 13.9. The maximum atomic E-state index is 13.9. The van der Waals surface area contributed by atoms with Crippen LogP contribution >= 0.6 is 0 Å². The summed E-state index contributed by atoms with van der Waals surface area (Å²) in [5, 5.41) is 11.3. The molecule has 0 spiro atoms. The smallest absolute Gasteiger partial charge is 0.335 e. The number of hydrogen-bond donors (Lipinski definition) is 2. The van der Waals surface area contributed by atoms with E-state index in [2.05, 4.69) is 5.32 Å². The zero-order valence-electron chi connectivity index (χ0n) is 15.2. The lowest BCUT2D eigenvalue weighted by Crippen LogP contribution is -2.14. The summed E-state index contributed by atoms with van der Waals surface area (Å²) in [4.78, 5) is 23.0. The molecule has 2 aromatic rings. The van der Waals surface area contributed by atoms with E-state index in [0.29, 0.717) is 23.7 Å². The standard InChI is InChI=1S/C19H20FNO6/c1-25-15-8-5-11(17(26-2)18(15)27-3)6-9-16(22)21-14-7-4-12(19(23)24)10-13(14)20/h4-5,7-8,10H,6,9H2,1-3H3,(H,21,22)(H,23,24). The van der Waals surface area contributed by atoms with Crippen LogP contribution in [0.5, 0.6) is 17.2 Å². The third-order valence-corrected chi connectivity index (χ3v) is 3.90. The van der Waals surface area contributed by atoms with E-state index in [0.717, 1.165) is 11.6 Å². The van der Waals surface area contributed by atoms with Gasteiger partial charge >= 0.3 is 5.97 Å². The van der Waals surface area contributed by atoms with Crippen LogP contribution in [-0.4, -0.2) is 38.3 Å². The molecule has 0 aliphatic heterocycles. The number of carbonyl (C=O) groups is 2. The first-order valence-electron chi connectivity index (χ1n) is 8.01. The van der Waals surface area contributed by atoms with Crippen molar-refractivity contribution in [2.24, 2.45) is 0 Å². The minimum Gasteiger partial charge on any atom is -0.493 e. The van der Waals surface area contributed by atoms with Gasteiger partial charge in [0.15, 0.2) is 11.5 Å². The molecule has 0 unspecified atom stereocenters. The largest absolute Gasteiger partial charge is 0.493 e. The predicted octanol–water partition coefficient (Wildman–Crippen LogP) is 3.12. The van der Waals surface area contributed by atoms with Crippen LogP contribution in [0, 0.1) is 5.82 Å². The van der Waals surface area contributed by atoms with E-state index in [-0.39, 0.29) is 17.7 Å². The summed E-state index contributed by atoms with van der Waals surface area (Å²) in [7, 11) is 4.48. The van der Waals surface area contributed by atoms with E-state index in [9.17, 15) is 14.0 Å². The topological polar surface area (TPSA) is 94.1 Å². The van der Waals surface area contributed by atoms with E-state index in [1.165, 1.54) is 33.5 Å². The number of carboxylic acid groups (broad SMARTS) is 1. The van der Waals surface area contributed by atoms with Crippen molar-refractivity contribution in [3.05, 3.63) is 47.3 Å². The zero-order chi connectivity index (χ0) is 20.0. The Balaban J connectivity index is 2.09. The molecule has 0 saturated heterocycles. The van der Waals surface area contributed by atoms with Gasteiger partial charge in [0.05, 0.1) is 32.6 Å². The van der Waals surface area contributed by atoms with Gasteiger partial charge < -0.3 is 24.6 Å². The number of benzene rings is 2. The van der Waals surface area contributed by atoms with Gasteiger partial charge in [-0.15, -0.1) is 0 Å². The molecule has 27 heavy (non-hydrogen) atoms. The van der Waals surface area contributed by atoms with Crippen molar-refractivity contribution in [3.63, 3.8) is 0 Å². The van der Waals surface area contributed by atoms with Crippen molar-refractivity contribution in [2.45, 2.75) is 12.8 Å². The monoisotopic (exact) mass is 377 g/mol. The third kappa shape index (κ3) is 4.66. The second-order valence-electron chi connectivity index (χ2n) is 5.54. The van der Waals surface area contributed by atoms with E-state index in [1.807, 2.05) is 0 Å². The average molecular weight is 377 g/mol. The Kier molecular flexibility index (Phi) is 6.59. The highest BCUT2D eigenvalue weighted by Gasteiger charge is 2.17. The highest BCUT2D eigenvalue weighted by atomic mass is 19.1. The van der Waals surface area contributed by atoms with Crippen LogP contribution in [0.15, 0.2) is 30.3 Å². The number of carboxylic acids is 1. The Labute approximate surface area is 155 Å². The van der Waals surface area contributed by atoms with E-state index in [4.69, 9.17) is 19.3 Å². The summed E-state index contributed by atoms with van der Waals surface area (Å²) < 4.78 is 29.8. The number of methoxy groups -OCH3 is 3. The molecular formula is C19H20FNO6. The highest BCUT2D eigenvalue weighted by molar-refractivity contribution is 5.92. The number of amides is 1. The number of halogens is 1. The van der Waals surface area contributed by atoms with Crippen LogP contribution in [0.4, 0.5) is 10.1 Å². The number of rotatable bonds is 8. The molecular weight excluding hydrogens is 357 g/mol. The Morgan fingerprint density at radius 1 is 1.04 bits per heavy atom. The van der Waals surface area contributed by atoms with Crippen LogP contribution < -0.4 is 19.5 Å². The van der Waals surface area contributed by atoms with Crippen LogP contribution in [0.2, 0.25) is 0 Å². The number of anilines is 1. The number of aromatic carboxylic acids is 1. The zero-order valence-corrected chi connectivity index (χ0v) is 15.2. The summed E-state index contributed by atoms with van der Waals surface area (Å²) in [5.41, 5.74) is 0.455. The molecule has 0 heterocycles. The number of nitrogens with one attached hydrogen (secondary N) is 1. The number of carbonyl (C=O) groups excluding carboxylic acids is 1. The lowest BCUT2D eigenvalue weighted by atomic mass is 10.1. The summed E-state index contributed by atoms with van der Waals surface area (Å²) in [6.45, 7) is 0. The molecule has 2 N–H and O–H groups in total. The third-order valence-electron chi connectivity index (χ3n) is 3.90. The van der Waals surface area contributed by atoms with Gasteiger partial charge in [0, 0.05) is 6.42 Å². The first-order valence-corrected chi connectivity index (χ1v) is 8.01. The van der Waals surface area contributed by atoms with Gasteiger partial charge in [0.1, 0.15) is 5.82 Å². The Morgan fingerprint density at radius 2 is 1.74 bits per heavy atom. The molecule has 0 aliphatic carbocycles. The first-order chi connectivity index (χ1) is 12.9. The molecule has 8 heteroatoms. The van der Waals surface area contributed by atoms with Gasteiger partial charge in [-0.05, 0) is 36.2 Å². The Hall–Kier alpha value is -3.29. The second-order valence-corrected chi connectivity index (χ2v) is 5.54. The molecule has 0 aromatic heterocycles. The molecule has 0 bridgehead atoms. The van der Waals surface area contributed by atoms with Crippen LogP contribution in [0.3, 0.4) is 0 Å². The van der Waals surface area contributed by atoms with Crippen molar-refractivity contribution >= 4 is 17.6 Å². The van der Waals surface area contributed by atoms with Gasteiger partial charge in [-0.2, -0.15) is 0 Å². The molecule has 2 rings (SSSR count). The predicted molar refractivity (Wildman–Crippen MR) is 96.4 cm³/mol. The lowest BCUT2D eigenvalue weighted by molar-refractivity contribution is -0.116. The normalized spacial score (nSPS) is 10.2. The quantitative estimate of drug-likeness (QED) is 0.734. The lowest BCUT2D eigenvalue weighted by Gasteiger charge is -2.15. The molecule has 7 nitrogen and oxygen atoms in total. The molecule has 0 fully saturated rings. The molecule has 1 amide bonds. The number of ether oxygens (including phenoxy) is 3. The van der Waals surface area contributed by atoms with E-state index < -0.39 is 17.7 Å². The van der Waals surface area contributed by atoms with Crippen molar-refractivity contribution in [2.75, 3.05) is 26.6 Å². The van der Waals surface area contributed by atoms with Crippen molar-refractivity contribution < 1.29 is 33.3 Å². The molecule has 144 valence electrons. The molecule has 0 saturated carbocycles. The van der Waals surface area contributed by atoms with Gasteiger partial charge in [0.25, 0.3) is 0 Å². The molecule has 0 atom stereocenters. The van der Waals surface area contributed by atoms with Crippen LogP contribution in [0.25, 0.3) is 0 Å². The highest BCUT2D eigenvalue weighted by Crippen LogP contribution is 2.40. The fourth-order valence-electron chi connectivity index (χ4n) is 2.57. The van der Waals surface area contributed by atoms with Gasteiger partial charge in [0.2, 0.25) is 11.7 Å². The molecule has 0 aliphatic rings. The van der Waals surface area contributed by atoms with Crippen LogP contribution in [0.1, 0.15) is 22.3 Å². The fraction of sp³-hybridized carbons (Fsp3) is 0.263. The second kappa shape index (κ2) is 8.88. The van der Waals surface area contributed by atoms with Gasteiger partial charge in [-0.3, -0.25) is 4.79 Å². The average Bonchev–Trinajstić information content (AvgIpc) is 2.66. The van der Waals surface area contributed by atoms with Crippen molar-refractivity contribution in [3.8, 4) is 17.2 Å². The van der Waals surface area contributed by atoms with E-state index in [1.54, 1.807) is 12.1 Å².